The number of carbonyl (C=O) groups excluding carboxylic acids is 1. The number of H-pyrrole nitrogens is 1. The summed E-state index contributed by atoms with van der Waals surface area (Å²) in [5, 5.41) is 27.6. The minimum absolute atomic E-state index is 0.139. The number of amides is 1. The maximum absolute atomic E-state index is 13.7. The average molecular weight is 422 g/mol. The van der Waals surface area contributed by atoms with Gasteiger partial charge >= 0.3 is 0 Å². The summed E-state index contributed by atoms with van der Waals surface area (Å²) in [5.41, 5.74) is 1.84. The predicted octanol–water partition coefficient (Wildman–Crippen LogP) is 1.56. The molecule has 1 spiro atoms. The van der Waals surface area contributed by atoms with Crippen molar-refractivity contribution >= 4 is 18.1 Å². The summed E-state index contributed by atoms with van der Waals surface area (Å²) in [4.78, 5) is 26.7. The highest BCUT2D eigenvalue weighted by molar-refractivity contribution is 5.95. The molecule has 5 rings (SSSR count). The first-order chi connectivity index (χ1) is 15.1. The summed E-state index contributed by atoms with van der Waals surface area (Å²) in [5.74, 6) is 1.11. The van der Waals surface area contributed by atoms with E-state index in [1.807, 2.05) is 6.07 Å². The van der Waals surface area contributed by atoms with E-state index in [4.69, 9.17) is 10.4 Å². The Balaban J connectivity index is 1.50. The van der Waals surface area contributed by atoms with E-state index in [2.05, 4.69) is 25.4 Å². The quantitative estimate of drug-likeness (QED) is 0.393. The largest absolute Gasteiger partial charge is 0.513 e. The fourth-order valence-corrected chi connectivity index (χ4v) is 4.57. The van der Waals surface area contributed by atoms with Crippen LogP contribution < -0.4 is 5.32 Å². The Bertz CT molecular complexity index is 1020. The van der Waals surface area contributed by atoms with E-state index < -0.39 is 5.41 Å². The molecule has 2 aromatic heterocycles. The molecule has 2 aliphatic heterocycles. The molecular formula is C21H26N8O2. The number of rotatable bonds is 7. The van der Waals surface area contributed by atoms with Crippen LogP contribution in [0.4, 0.5) is 5.95 Å². The Morgan fingerprint density at radius 1 is 1.45 bits per heavy atom. The Morgan fingerprint density at radius 3 is 3.03 bits per heavy atom. The second-order valence-electron chi connectivity index (χ2n) is 8.59. The van der Waals surface area contributed by atoms with Crippen molar-refractivity contribution < 1.29 is 9.90 Å². The molecule has 10 nitrogen and oxygen atoms in total. The van der Waals surface area contributed by atoms with Gasteiger partial charge < -0.3 is 20.7 Å². The molecule has 1 aliphatic carbocycles. The summed E-state index contributed by atoms with van der Waals surface area (Å²) >= 11 is 0. The van der Waals surface area contributed by atoms with Gasteiger partial charge in [-0.15, -0.1) is 0 Å². The monoisotopic (exact) mass is 422 g/mol. The second-order valence-corrected chi connectivity index (χ2v) is 8.59. The van der Waals surface area contributed by atoms with Gasteiger partial charge in [0.25, 0.3) is 0 Å². The average Bonchev–Trinajstić information content (AvgIpc) is 3.30. The van der Waals surface area contributed by atoms with E-state index in [9.17, 15) is 9.90 Å². The Kier molecular flexibility index (Phi) is 4.93. The van der Waals surface area contributed by atoms with Crippen molar-refractivity contribution in [3.63, 3.8) is 0 Å². The lowest BCUT2D eigenvalue weighted by molar-refractivity contribution is -0.136. The fraction of sp³-hybridized carbons (Fsp3) is 0.476. The van der Waals surface area contributed by atoms with Crippen LogP contribution in [0.25, 0.3) is 0 Å². The van der Waals surface area contributed by atoms with Gasteiger partial charge in [0.2, 0.25) is 11.9 Å². The van der Waals surface area contributed by atoms with Crippen molar-refractivity contribution in [3.05, 3.63) is 47.4 Å². The maximum atomic E-state index is 13.7. The maximum Gasteiger partial charge on any atom is 0.241 e. The number of anilines is 1. The molecule has 4 heterocycles. The summed E-state index contributed by atoms with van der Waals surface area (Å²) in [6.07, 6.45) is 8.45. The zero-order chi connectivity index (χ0) is 21.4. The van der Waals surface area contributed by atoms with Gasteiger partial charge in [-0.25, -0.2) is 9.97 Å². The summed E-state index contributed by atoms with van der Waals surface area (Å²) < 4.78 is 0. The van der Waals surface area contributed by atoms with Crippen molar-refractivity contribution in [3.8, 4) is 0 Å². The summed E-state index contributed by atoms with van der Waals surface area (Å²) in [7, 11) is 0. The molecule has 162 valence electrons. The van der Waals surface area contributed by atoms with E-state index in [1.165, 1.54) is 17.7 Å². The zero-order valence-electron chi connectivity index (χ0n) is 17.2. The number of aliphatic hydroxyl groups is 1. The molecule has 1 saturated carbocycles. The molecule has 31 heavy (non-hydrogen) atoms. The van der Waals surface area contributed by atoms with Crippen molar-refractivity contribution in [2.24, 2.45) is 5.92 Å². The van der Waals surface area contributed by atoms with Crippen molar-refractivity contribution in [2.45, 2.75) is 37.8 Å². The zero-order valence-corrected chi connectivity index (χ0v) is 17.2. The molecule has 2 aromatic rings. The van der Waals surface area contributed by atoms with Crippen LogP contribution in [0.15, 0.2) is 30.4 Å². The lowest BCUT2D eigenvalue weighted by atomic mass is 9.77. The fourth-order valence-electron chi connectivity index (χ4n) is 4.57. The number of carbonyl (C=O) groups is 1. The molecule has 0 aromatic carbocycles. The van der Waals surface area contributed by atoms with Gasteiger partial charge in [0.05, 0.1) is 23.6 Å². The third kappa shape index (κ3) is 3.56. The number of nitrogens with zero attached hydrogens (tertiary/aromatic N) is 5. The third-order valence-corrected chi connectivity index (χ3v) is 6.43. The first kappa shape index (κ1) is 19.7. The van der Waals surface area contributed by atoms with Crippen LogP contribution in [0.3, 0.4) is 0 Å². The van der Waals surface area contributed by atoms with Crippen LogP contribution in [0, 0.1) is 11.3 Å². The number of aromatic amines is 1. The van der Waals surface area contributed by atoms with Crippen LogP contribution in [0.2, 0.25) is 0 Å². The van der Waals surface area contributed by atoms with Crippen molar-refractivity contribution in [1.82, 2.24) is 30.0 Å². The molecular weight excluding hydrogens is 396 g/mol. The van der Waals surface area contributed by atoms with Crippen molar-refractivity contribution in [2.75, 3.05) is 25.0 Å². The lowest BCUT2D eigenvalue weighted by Crippen LogP contribution is -2.52. The molecule has 4 N–H and O–H groups in total. The van der Waals surface area contributed by atoms with Gasteiger partial charge in [-0.3, -0.25) is 14.8 Å². The van der Waals surface area contributed by atoms with Gasteiger partial charge in [-0.05, 0) is 31.2 Å². The molecule has 0 bridgehead atoms. The molecule has 2 fully saturated rings. The Hall–Kier alpha value is -3.27. The SMILES string of the molecule is N=C/C(=C\O)N1Cc2cnc(NCC3CC3)nc2C2(CCN(Cc3cc[nH]n3)C2)C1=O. The van der Waals surface area contributed by atoms with E-state index in [1.54, 1.807) is 12.4 Å². The number of hydrogen-bond donors (Lipinski definition) is 4. The molecule has 3 aliphatic rings. The molecule has 1 saturated heterocycles. The normalized spacial score (nSPS) is 23.9. The first-order valence-corrected chi connectivity index (χ1v) is 10.6. The number of aliphatic hydroxyl groups excluding tert-OH is 1. The van der Waals surface area contributed by atoms with Gasteiger partial charge in [-0.2, -0.15) is 5.10 Å². The minimum atomic E-state index is -0.847. The first-order valence-electron chi connectivity index (χ1n) is 10.6. The van der Waals surface area contributed by atoms with E-state index in [-0.39, 0.29) is 18.1 Å². The summed E-state index contributed by atoms with van der Waals surface area (Å²) in [6, 6.07) is 1.93. The molecule has 1 unspecified atom stereocenters. The predicted molar refractivity (Wildman–Crippen MR) is 113 cm³/mol. The molecule has 10 heteroatoms. The topological polar surface area (TPSA) is 134 Å². The van der Waals surface area contributed by atoms with Crippen LogP contribution in [0.1, 0.15) is 36.2 Å². The number of allylic oxidation sites excluding steroid dienone is 1. The van der Waals surface area contributed by atoms with Crippen molar-refractivity contribution in [1.29, 1.82) is 5.41 Å². The van der Waals surface area contributed by atoms with E-state index in [0.29, 0.717) is 31.4 Å². The van der Waals surface area contributed by atoms with Gasteiger partial charge in [0.1, 0.15) is 11.7 Å². The smallest absolute Gasteiger partial charge is 0.241 e. The standard InChI is InChI=1S/C21H26N8O2/c22-7-17(12-30)29-10-15-9-24-20(23-8-14-1-2-14)26-18(15)21(19(29)31)4-6-28(13-21)11-16-3-5-25-27-16/h3,5,7,9,12,14,22,30H,1-2,4,6,8,10-11,13H2,(H,25,27)(H,23,24,26)/b17-12+,22-7?. The van der Waals surface area contributed by atoms with Crippen LogP contribution in [0.5, 0.6) is 0 Å². The van der Waals surface area contributed by atoms with Crippen LogP contribution in [-0.2, 0) is 23.3 Å². The molecule has 0 radical (unpaired) electrons. The third-order valence-electron chi connectivity index (χ3n) is 6.43. The highest BCUT2D eigenvalue weighted by Gasteiger charge is 2.53. The molecule has 1 atom stereocenters. The van der Waals surface area contributed by atoms with Gasteiger partial charge in [0.15, 0.2) is 0 Å². The molecule has 1 amide bonds. The van der Waals surface area contributed by atoms with Gasteiger partial charge in [0, 0.05) is 50.4 Å². The number of aromatic nitrogens is 4. The van der Waals surface area contributed by atoms with E-state index >= 15 is 0 Å². The lowest BCUT2D eigenvalue weighted by Gasteiger charge is -2.40. The minimum Gasteiger partial charge on any atom is -0.513 e. The van der Waals surface area contributed by atoms with Crippen LogP contribution in [-0.4, -0.2) is 66.8 Å². The number of hydrogen-bond acceptors (Lipinski definition) is 8. The highest BCUT2D eigenvalue weighted by atomic mass is 16.2. The highest BCUT2D eigenvalue weighted by Crippen LogP contribution is 2.42. The van der Waals surface area contributed by atoms with E-state index in [0.717, 1.165) is 42.5 Å². The Morgan fingerprint density at radius 2 is 2.32 bits per heavy atom. The Labute approximate surface area is 179 Å². The number of likely N-dealkylation sites (tertiary alicyclic amines) is 1. The van der Waals surface area contributed by atoms with Gasteiger partial charge in [-0.1, -0.05) is 0 Å². The van der Waals surface area contributed by atoms with Crippen LogP contribution >= 0.6 is 0 Å². The second kappa shape index (κ2) is 7.77. The number of nitrogens with one attached hydrogen (secondary N) is 3. The summed E-state index contributed by atoms with van der Waals surface area (Å²) in [6.45, 7) is 2.95. The number of fused-ring (bicyclic) bond motifs is 2.